The van der Waals surface area contributed by atoms with Crippen LogP contribution in [0.1, 0.15) is 49.3 Å². The van der Waals surface area contributed by atoms with E-state index in [1.807, 2.05) is 70.2 Å². The predicted octanol–water partition coefficient (Wildman–Crippen LogP) is 4.27. The lowest BCUT2D eigenvalue weighted by Crippen LogP contribution is -2.41. The Morgan fingerprint density at radius 3 is 2.54 bits per heavy atom. The van der Waals surface area contributed by atoms with Crippen LogP contribution >= 0.6 is 0 Å². The van der Waals surface area contributed by atoms with E-state index in [0.717, 1.165) is 22.5 Å². The average molecular weight is 380 g/mol. The molecule has 1 unspecified atom stereocenters. The van der Waals surface area contributed by atoms with Crippen LogP contribution in [0.5, 0.6) is 0 Å². The Hall–Kier alpha value is -2.84. The lowest BCUT2D eigenvalue weighted by Gasteiger charge is -2.26. The molecule has 5 nitrogen and oxygen atoms in total. The highest BCUT2D eigenvalue weighted by Crippen LogP contribution is 2.24. The van der Waals surface area contributed by atoms with Crippen molar-refractivity contribution in [2.45, 2.75) is 46.2 Å². The summed E-state index contributed by atoms with van der Waals surface area (Å²) in [6.45, 7) is 10.5. The molecule has 0 radical (unpaired) electrons. The molecule has 5 heteroatoms. The number of carbonyl (C=O) groups is 1. The third-order valence-corrected chi connectivity index (χ3v) is 4.96. The topological polar surface area (TPSA) is 67.0 Å². The lowest BCUT2D eigenvalue weighted by atomic mass is 9.94. The van der Waals surface area contributed by atoms with E-state index in [-0.39, 0.29) is 17.5 Å². The molecule has 1 aromatic heterocycles. The number of hydrogen-bond acceptors (Lipinski definition) is 3. The number of aryl methyl sites for hydroxylation is 1. The first-order valence-corrected chi connectivity index (χ1v) is 9.38. The van der Waals surface area contributed by atoms with Gasteiger partial charge in [-0.3, -0.25) is 4.79 Å². The van der Waals surface area contributed by atoms with Crippen LogP contribution in [0.15, 0.2) is 42.0 Å². The number of carbonyl (C=O) groups excluding carboxylic acids is 1. The second-order valence-electron chi connectivity index (χ2n) is 7.62. The number of nitriles is 1. The van der Waals surface area contributed by atoms with Gasteiger partial charge in [0, 0.05) is 18.5 Å². The van der Waals surface area contributed by atoms with E-state index in [2.05, 4.69) is 16.8 Å². The van der Waals surface area contributed by atoms with Crippen molar-refractivity contribution in [2.75, 3.05) is 13.7 Å². The molecule has 0 saturated heterocycles. The Bertz CT molecular complexity index is 902. The Morgan fingerprint density at radius 1 is 1.32 bits per heavy atom. The molecule has 1 N–H and O–H groups in total. The van der Waals surface area contributed by atoms with E-state index in [4.69, 9.17) is 4.74 Å². The number of hydrogen-bond donors (Lipinski definition) is 1. The molecule has 28 heavy (non-hydrogen) atoms. The Labute approximate surface area is 167 Å². The maximum atomic E-state index is 12.8. The number of nitrogens with zero attached hydrogens (tertiary/aromatic N) is 2. The molecule has 1 amide bonds. The van der Waals surface area contributed by atoms with Gasteiger partial charge < -0.3 is 14.6 Å². The standard InChI is InChI=1S/C23H29N3O2/c1-16-12-19(18(3)26(16)17(2)15-28-6)13-20(14-24)22(27)25-23(4,5)21-10-8-7-9-11-21/h7-13,17H,15H2,1-6H3,(H,25,27)/b20-13+. The average Bonchev–Trinajstić information content (AvgIpc) is 2.93. The maximum Gasteiger partial charge on any atom is 0.262 e. The predicted molar refractivity (Wildman–Crippen MR) is 112 cm³/mol. The summed E-state index contributed by atoms with van der Waals surface area (Å²) < 4.78 is 7.42. The van der Waals surface area contributed by atoms with Gasteiger partial charge in [-0.05, 0) is 57.9 Å². The molecule has 0 saturated carbocycles. The van der Waals surface area contributed by atoms with Crippen LogP contribution in [-0.4, -0.2) is 24.2 Å². The molecule has 1 aromatic carbocycles. The van der Waals surface area contributed by atoms with Crippen LogP contribution in [0, 0.1) is 25.2 Å². The number of aromatic nitrogens is 1. The zero-order valence-electron chi connectivity index (χ0n) is 17.5. The molecule has 0 bridgehead atoms. The second kappa shape index (κ2) is 8.90. The first-order chi connectivity index (χ1) is 13.2. The van der Waals surface area contributed by atoms with Crippen molar-refractivity contribution in [3.05, 3.63) is 64.5 Å². The highest BCUT2D eigenvalue weighted by molar-refractivity contribution is 6.02. The number of ether oxygens (including phenoxy) is 1. The van der Waals surface area contributed by atoms with Gasteiger partial charge in [0.2, 0.25) is 0 Å². The SMILES string of the molecule is COCC(C)n1c(C)cc(/C=C(\C#N)C(=O)NC(C)(C)c2ccccc2)c1C. The molecule has 1 heterocycles. The smallest absolute Gasteiger partial charge is 0.262 e. The second-order valence-corrected chi connectivity index (χ2v) is 7.62. The van der Waals surface area contributed by atoms with Gasteiger partial charge in [0.05, 0.1) is 18.2 Å². The van der Waals surface area contributed by atoms with E-state index in [9.17, 15) is 10.1 Å². The maximum absolute atomic E-state index is 12.8. The summed E-state index contributed by atoms with van der Waals surface area (Å²) in [4.78, 5) is 12.8. The van der Waals surface area contributed by atoms with Gasteiger partial charge in [0.1, 0.15) is 11.6 Å². The summed E-state index contributed by atoms with van der Waals surface area (Å²) in [5.41, 5.74) is 3.42. The summed E-state index contributed by atoms with van der Waals surface area (Å²) in [6.07, 6.45) is 1.66. The van der Waals surface area contributed by atoms with Crippen LogP contribution in [0.25, 0.3) is 6.08 Å². The molecule has 0 aliphatic carbocycles. The molecular formula is C23H29N3O2. The largest absolute Gasteiger partial charge is 0.383 e. The van der Waals surface area contributed by atoms with Crippen LogP contribution in [0.4, 0.5) is 0 Å². The van der Waals surface area contributed by atoms with Crippen molar-refractivity contribution in [1.82, 2.24) is 9.88 Å². The van der Waals surface area contributed by atoms with Crippen molar-refractivity contribution in [1.29, 1.82) is 5.26 Å². The number of amides is 1. The van der Waals surface area contributed by atoms with E-state index < -0.39 is 5.54 Å². The highest BCUT2D eigenvalue weighted by atomic mass is 16.5. The van der Waals surface area contributed by atoms with Gasteiger partial charge in [-0.25, -0.2) is 0 Å². The van der Waals surface area contributed by atoms with E-state index in [1.54, 1.807) is 13.2 Å². The fraction of sp³-hybridized carbons (Fsp3) is 0.391. The van der Waals surface area contributed by atoms with Gasteiger partial charge >= 0.3 is 0 Å². The minimum atomic E-state index is -0.585. The quantitative estimate of drug-likeness (QED) is 0.577. The van der Waals surface area contributed by atoms with E-state index >= 15 is 0 Å². The van der Waals surface area contributed by atoms with E-state index in [1.165, 1.54) is 0 Å². The molecule has 1 atom stereocenters. The molecule has 0 fully saturated rings. The Kier molecular flexibility index (Phi) is 6.82. The fourth-order valence-corrected chi connectivity index (χ4v) is 3.52. The van der Waals surface area contributed by atoms with Gasteiger partial charge in [0.15, 0.2) is 0 Å². The van der Waals surface area contributed by atoms with Crippen molar-refractivity contribution >= 4 is 12.0 Å². The third-order valence-electron chi connectivity index (χ3n) is 4.96. The summed E-state index contributed by atoms with van der Waals surface area (Å²) in [7, 11) is 1.68. The lowest BCUT2D eigenvalue weighted by molar-refractivity contribution is -0.118. The van der Waals surface area contributed by atoms with Gasteiger partial charge in [-0.15, -0.1) is 0 Å². The minimum Gasteiger partial charge on any atom is -0.383 e. The van der Waals surface area contributed by atoms with Crippen molar-refractivity contribution in [3.8, 4) is 6.07 Å². The minimum absolute atomic E-state index is 0.0867. The molecule has 2 rings (SSSR count). The van der Waals surface area contributed by atoms with Gasteiger partial charge in [-0.1, -0.05) is 30.3 Å². The van der Waals surface area contributed by atoms with Gasteiger partial charge in [0.25, 0.3) is 5.91 Å². The molecule has 0 aliphatic rings. The Morgan fingerprint density at radius 2 is 1.96 bits per heavy atom. The molecule has 0 aliphatic heterocycles. The summed E-state index contributed by atoms with van der Waals surface area (Å²) in [5.74, 6) is -0.383. The molecule has 0 spiro atoms. The van der Waals surface area contributed by atoms with Crippen molar-refractivity contribution in [2.24, 2.45) is 0 Å². The Balaban J connectivity index is 2.30. The van der Waals surface area contributed by atoms with Crippen molar-refractivity contribution in [3.63, 3.8) is 0 Å². The number of rotatable bonds is 7. The van der Waals surface area contributed by atoms with Crippen LogP contribution < -0.4 is 5.32 Å². The highest BCUT2D eigenvalue weighted by Gasteiger charge is 2.24. The zero-order chi connectivity index (χ0) is 20.9. The van der Waals surface area contributed by atoms with Crippen LogP contribution in [0.3, 0.4) is 0 Å². The number of nitrogens with one attached hydrogen (secondary N) is 1. The molecule has 2 aromatic rings. The molecule has 148 valence electrons. The van der Waals surface area contributed by atoms with E-state index in [0.29, 0.717) is 6.61 Å². The zero-order valence-corrected chi connectivity index (χ0v) is 17.5. The molecular weight excluding hydrogens is 350 g/mol. The number of benzene rings is 1. The van der Waals surface area contributed by atoms with Crippen molar-refractivity contribution < 1.29 is 9.53 Å². The van der Waals surface area contributed by atoms with Gasteiger partial charge in [-0.2, -0.15) is 5.26 Å². The van der Waals surface area contributed by atoms with Crippen LogP contribution in [-0.2, 0) is 15.1 Å². The third kappa shape index (κ3) is 4.71. The van der Waals surface area contributed by atoms with Crippen LogP contribution in [0.2, 0.25) is 0 Å². The summed E-state index contributed by atoms with van der Waals surface area (Å²) in [6, 6.07) is 13.9. The monoisotopic (exact) mass is 379 g/mol. The first-order valence-electron chi connectivity index (χ1n) is 9.38. The first kappa shape index (κ1) is 21.5. The number of methoxy groups -OCH3 is 1. The summed E-state index contributed by atoms with van der Waals surface area (Å²) >= 11 is 0. The normalized spacial score (nSPS) is 13.1. The fourth-order valence-electron chi connectivity index (χ4n) is 3.52. The summed E-state index contributed by atoms with van der Waals surface area (Å²) in [5, 5.41) is 12.6.